The van der Waals surface area contributed by atoms with Gasteiger partial charge in [0.1, 0.15) is 11.6 Å². The average molecular weight is 520 g/mol. The van der Waals surface area contributed by atoms with Crippen molar-refractivity contribution in [1.82, 2.24) is 10.2 Å². The summed E-state index contributed by atoms with van der Waals surface area (Å²) in [6, 6.07) is 18.5. The summed E-state index contributed by atoms with van der Waals surface area (Å²) in [7, 11) is 1.63. The molecule has 1 heterocycles. The minimum Gasteiger partial charge on any atom is -0.386 e. The van der Waals surface area contributed by atoms with Crippen LogP contribution in [0.5, 0.6) is 0 Å². The van der Waals surface area contributed by atoms with Crippen LogP contribution in [0.3, 0.4) is 0 Å². The van der Waals surface area contributed by atoms with E-state index < -0.39 is 11.6 Å². The molecule has 0 bridgehead atoms. The van der Waals surface area contributed by atoms with Crippen molar-refractivity contribution >= 4 is 46.2 Å². The van der Waals surface area contributed by atoms with Gasteiger partial charge in [-0.15, -0.1) is 0 Å². The number of hydrogen-bond acceptors (Lipinski definition) is 6. The highest BCUT2D eigenvalue weighted by Crippen LogP contribution is 2.35. The van der Waals surface area contributed by atoms with Gasteiger partial charge in [0, 0.05) is 60.3 Å². The lowest BCUT2D eigenvalue weighted by molar-refractivity contribution is -0.123. The Kier molecular flexibility index (Phi) is 8.25. The Bertz CT molecular complexity index is 1370. The molecule has 9 heteroatoms. The van der Waals surface area contributed by atoms with E-state index >= 15 is 0 Å². The van der Waals surface area contributed by atoms with Gasteiger partial charge in [-0.1, -0.05) is 49.2 Å². The second kappa shape index (κ2) is 11.7. The van der Waals surface area contributed by atoms with E-state index in [0.29, 0.717) is 23.4 Å². The van der Waals surface area contributed by atoms with E-state index in [2.05, 4.69) is 15.4 Å². The van der Waals surface area contributed by atoms with Crippen LogP contribution in [0, 0.1) is 17.0 Å². The molecule has 1 aliphatic rings. The highest BCUT2D eigenvalue weighted by atomic mass is 32.2. The summed E-state index contributed by atoms with van der Waals surface area (Å²) < 4.78 is 31.1. The first-order valence-electron chi connectivity index (χ1n) is 11.7. The zero-order chi connectivity index (χ0) is 26.4. The maximum absolute atomic E-state index is 14.4. The number of carbonyl (C=O) groups excluding carboxylic acids is 1. The second-order valence-electron chi connectivity index (χ2n) is 8.30. The average Bonchev–Trinajstić information content (AvgIpc) is 2.90. The van der Waals surface area contributed by atoms with Crippen molar-refractivity contribution in [3.63, 3.8) is 0 Å². The molecular formula is C28H27F2N5OS. The van der Waals surface area contributed by atoms with Gasteiger partial charge in [-0.3, -0.25) is 10.2 Å². The Morgan fingerprint density at radius 2 is 1.78 bits per heavy atom. The molecule has 1 aliphatic heterocycles. The van der Waals surface area contributed by atoms with E-state index in [1.807, 2.05) is 49.4 Å². The zero-order valence-corrected chi connectivity index (χ0v) is 21.3. The van der Waals surface area contributed by atoms with Crippen molar-refractivity contribution < 1.29 is 13.6 Å². The molecule has 0 unspecified atom stereocenters. The fourth-order valence-electron chi connectivity index (χ4n) is 3.79. The van der Waals surface area contributed by atoms with Gasteiger partial charge in [-0.2, -0.15) is 0 Å². The first kappa shape index (κ1) is 26.0. The molecule has 0 fully saturated rings. The SMILES string of the molecule is CCSNc1ccc(Nc2ccc(F)cc2F)c(C2=CN(C)C(=O)/C(=C/NCc3ccccc3)C2=N)c1. The Labute approximate surface area is 219 Å². The van der Waals surface area contributed by atoms with Gasteiger partial charge in [0.05, 0.1) is 17.0 Å². The molecule has 1 amide bonds. The molecule has 4 rings (SSSR count). The second-order valence-corrected chi connectivity index (χ2v) is 9.37. The molecule has 3 aromatic carbocycles. The predicted molar refractivity (Wildman–Crippen MR) is 148 cm³/mol. The van der Waals surface area contributed by atoms with Crippen LogP contribution in [0.4, 0.5) is 25.8 Å². The fourth-order valence-corrected chi connectivity index (χ4v) is 4.23. The van der Waals surface area contributed by atoms with E-state index in [9.17, 15) is 13.6 Å². The first-order chi connectivity index (χ1) is 17.9. The Morgan fingerprint density at radius 1 is 1.03 bits per heavy atom. The molecule has 0 atom stereocenters. The topological polar surface area (TPSA) is 80.2 Å². The first-order valence-corrected chi connectivity index (χ1v) is 12.7. The van der Waals surface area contributed by atoms with Gasteiger partial charge >= 0.3 is 0 Å². The number of likely N-dealkylation sites (N-methyl/N-ethyl adjacent to an activating group) is 1. The number of carbonyl (C=O) groups is 1. The van der Waals surface area contributed by atoms with Crippen LogP contribution in [-0.2, 0) is 11.3 Å². The molecule has 0 aliphatic carbocycles. The van der Waals surface area contributed by atoms with Gasteiger partial charge in [0.15, 0.2) is 0 Å². The monoisotopic (exact) mass is 519 g/mol. The number of nitrogens with one attached hydrogen (secondary N) is 4. The number of allylic oxidation sites excluding steroid dienone is 1. The number of nitrogens with zero attached hydrogens (tertiary/aromatic N) is 1. The predicted octanol–water partition coefficient (Wildman–Crippen LogP) is 6.29. The summed E-state index contributed by atoms with van der Waals surface area (Å²) in [5.41, 5.74) is 3.73. The van der Waals surface area contributed by atoms with Crippen molar-refractivity contribution in [2.75, 3.05) is 22.8 Å². The fraction of sp³-hybridized carbons (Fsp3) is 0.143. The lowest BCUT2D eigenvalue weighted by atomic mass is 9.92. The smallest absolute Gasteiger partial charge is 0.261 e. The molecule has 37 heavy (non-hydrogen) atoms. The standard InChI is InChI=1S/C28H27F2N5OS/c1-3-37-34-20-10-12-25(33-26-11-9-19(29)13-24(26)30)21(14-20)23-17-35(2)28(36)22(27(23)31)16-32-15-18-7-5-4-6-8-18/h4-14,16-17,31-34H,3,15H2,1-2H3/b22-16+,31-27?. The van der Waals surface area contributed by atoms with Gasteiger partial charge < -0.3 is 20.3 Å². The largest absolute Gasteiger partial charge is 0.386 e. The van der Waals surface area contributed by atoms with E-state index in [1.54, 1.807) is 25.5 Å². The van der Waals surface area contributed by atoms with E-state index in [-0.39, 0.29) is 22.9 Å². The number of hydrogen-bond donors (Lipinski definition) is 4. The van der Waals surface area contributed by atoms with Gasteiger partial charge in [0.25, 0.3) is 5.91 Å². The molecule has 6 nitrogen and oxygen atoms in total. The summed E-state index contributed by atoms with van der Waals surface area (Å²) in [5.74, 6) is -0.884. The highest BCUT2D eigenvalue weighted by Gasteiger charge is 2.29. The number of rotatable bonds is 9. The summed E-state index contributed by atoms with van der Waals surface area (Å²) >= 11 is 1.51. The quantitative estimate of drug-likeness (QED) is 0.197. The van der Waals surface area contributed by atoms with Crippen LogP contribution >= 0.6 is 11.9 Å². The third kappa shape index (κ3) is 6.18. The van der Waals surface area contributed by atoms with Crippen molar-refractivity contribution in [3.05, 3.63) is 107 Å². The summed E-state index contributed by atoms with van der Waals surface area (Å²) in [6.45, 7) is 2.52. The third-order valence-corrected chi connectivity index (χ3v) is 6.32. The van der Waals surface area contributed by atoms with Crippen molar-refractivity contribution in [3.8, 4) is 0 Å². The van der Waals surface area contributed by atoms with Gasteiger partial charge in [0.2, 0.25) is 0 Å². The van der Waals surface area contributed by atoms with Crippen LogP contribution < -0.4 is 15.4 Å². The number of anilines is 3. The van der Waals surface area contributed by atoms with Crippen molar-refractivity contribution in [2.45, 2.75) is 13.5 Å². The Morgan fingerprint density at radius 3 is 2.51 bits per heavy atom. The van der Waals surface area contributed by atoms with Crippen LogP contribution in [0.15, 0.2) is 84.7 Å². The van der Waals surface area contributed by atoms with E-state index in [1.165, 1.54) is 29.0 Å². The van der Waals surface area contributed by atoms with Gasteiger partial charge in [-0.25, -0.2) is 8.78 Å². The van der Waals surface area contributed by atoms with Crippen molar-refractivity contribution in [1.29, 1.82) is 5.41 Å². The van der Waals surface area contributed by atoms with Crippen molar-refractivity contribution in [2.24, 2.45) is 0 Å². The maximum atomic E-state index is 14.4. The maximum Gasteiger partial charge on any atom is 0.261 e. The molecule has 4 N–H and O–H groups in total. The summed E-state index contributed by atoms with van der Waals surface area (Å²) in [5, 5.41) is 15.1. The van der Waals surface area contributed by atoms with Gasteiger partial charge in [-0.05, 0) is 35.9 Å². The lowest BCUT2D eigenvalue weighted by Gasteiger charge is -2.26. The molecule has 0 saturated heterocycles. The summed E-state index contributed by atoms with van der Waals surface area (Å²) in [4.78, 5) is 14.4. The number of halogens is 2. The minimum absolute atomic E-state index is 0.0339. The van der Waals surface area contributed by atoms with E-state index in [4.69, 9.17) is 5.41 Å². The molecule has 0 radical (unpaired) electrons. The Hall–Kier alpha value is -4.11. The summed E-state index contributed by atoms with van der Waals surface area (Å²) in [6.07, 6.45) is 3.15. The van der Waals surface area contributed by atoms with Crippen LogP contribution in [0.25, 0.3) is 5.57 Å². The molecule has 0 spiro atoms. The highest BCUT2D eigenvalue weighted by molar-refractivity contribution is 8.00. The molecular weight excluding hydrogens is 492 g/mol. The number of benzene rings is 3. The van der Waals surface area contributed by atoms with Crippen LogP contribution in [-0.4, -0.2) is 29.3 Å². The van der Waals surface area contributed by atoms with Crippen LogP contribution in [0.1, 0.15) is 18.1 Å². The molecule has 3 aromatic rings. The molecule has 190 valence electrons. The molecule has 0 aromatic heterocycles. The van der Waals surface area contributed by atoms with Crippen LogP contribution in [0.2, 0.25) is 0 Å². The number of amides is 1. The Balaban J connectivity index is 1.70. The third-order valence-electron chi connectivity index (χ3n) is 5.65. The molecule has 0 saturated carbocycles. The van der Waals surface area contributed by atoms with E-state index in [0.717, 1.165) is 23.1 Å². The zero-order valence-electron chi connectivity index (χ0n) is 20.4. The minimum atomic E-state index is -0.736. The normalized spacial score (nSPS) is 14.5. The lowest BCUT2D eigenvalue weighted by Crippen LogP contribution is -2.33.